The molecule has 1 amide bonds. The van der Waals surface area contributed by atoms with Crippen LogP contribution < -0.4 is 5.32 Å². The summed E-state index contributed by atoms with van der Waals surface area (Å²) in [6, 6.07) is 23.2. The highest BCUT2D eigenvalue weighted by atomic mass is 16.7. The number of likely N-dealkylation sites (N-methyl/N-ethyl adjacent to an activating group) is 1. The van der Waals surface area contributed by atoms with E-state index in [2.05, 4.69) is 26.8 Å². The van der Waals surface area contributed by atoms with E-state index in [1.165, 1.54) is 6.20 Å². The first-order valence-corrected chi connectivity index (χ1v) is 13.4. The average Bonchev–Trinajstić information content (AvgIpc) is 3.00. The number of rotatable bonds is 10. The molecule has 1 aliphatic heterocycles. The van der Waals surface area contributed by atoms with E-state index in [-0.39, 0.29) is 30.4 Å². The lowest BCUT2D eigenvalue weighted by Gasteiger charge is -2.37. The van der Waals surface area contributed by atoms with Crippen LogP contribution in [-0.2, 0) is 22.6 Å². The van der Waals surface area contributed by atoms with E-state index in [1.807, 2.05) is 85.9 Å². The number of carbonyl (C=O) groups is 1. The van der Waals surface area contributed by atoms with Gasteiger partial charge in [0.25, 0.3) is 5.91 Å². The normalized spacial score (nSPS) is 19.0. The van der Waals surface area contributed by atoms with Crippen molar-refractivity contribution in [3.63, 3.8) is 0 Å². The molecule has 0 radical (unpaired) electrons. The van der Waals surface area contributed by atoms with Gasteiger partial charge in [0.05, 0.1) is 36.0 Å². The third-order valence-electron chi connectivity index (χ3n) is 6.96. The van der Waals surface area contributed by atoms with E-state index in [0.29, 0.717) is 12.1 Å². The third-order valence-corrected chi connectivity index (χ3v) is 6.96. The molecule has 3 aromatic carbocycles. The highest BCUT2D eigenvalue weighted by molar-refractivity contribution is 5.93. The summed E-state index contributed by atoms with van der Waals surface area (Å²) in [7, 11) is 2.05. The van der Waals surface area contributed by atoms with Crippen molar-refractivity contribution in [1.29, 1.82) is 0 Å². The lowest BCUT2D eigenvalue weighted by atomic mass is 9.99. The molecular formula is C32H34N4O4. The van der Waals surface area contributed by atoms with Gasteiger partial charge in [-0.3, -0.25) is 9.78 Å². The molecular weight excluding hydrogens is 504 g/mol. The molecule has 1 saturated heterocycles. The number of nitrogens with zero attached hydrogens (tertiary/aromatic N) is 3. The molecule has 1 fully saturated rings. The molecule has 1 aliphatic rings. The van der Waals surface area contributed by atoms with Crippen LogP contribution in [0.3, 0.4) is 0 Å². The van der Waals surface area contributed by atoms with Crippen LogP contribution in [0.15, 0.2) is 91.6 Å². The zero-order valence-electron chi connectivity index (χ0n) is 22.6. The van der Waals surface area contributed by atoms with E-state index >= 15 is 0 Å². The highest BCUT2D eigenvalue weighted by Gasteiger charge is 2.32. The van der Waals surface area contributed by atoms with Gasteiger partial charge in [0, 0.05) is 31.6 Å². The SMILES string of the molecule is C=CCN(C)CC1CC(c2ccc(CO)cc2)OC(c2ccc(CNC(=O)c3cnc4ccccc4n3)cc2)O1. The molecule has 0 aliphatic carbocycles. The van der Waals surface area contributed by atoms with Gasteiger partial charge in [0.1, 0.15) is 5.69 Å². The summed E-state index contributed by atoms with van der Waals surface area (Å²) in [6.07, 6.45) is 3.39. The number of nitrogens with one attached hydrogen (secondary N) is 1. The van der Waals surface area contributed by atoms with Gasteiger partial charge in [-0.1, -0.05) is 66.7 Å². The standard InChI is InChI=1S/C32H34N4O4/c1-3-16-36(2)20-26-17-30(24-12-10-23(21-37)11-13-24)40-32(39-26)25-14-8-22(9-15-25)18-34-31(38)29-19-33-27-6-4-5-7-28(27)35-29/h3-15,19,26,30,32,37H,1,16-18,20-21H2,2H3,(H,34,38). The fourth-order valence-electron chi connectivity index (χ4n) is 4.81. The number of hydrogen-bond acceptors (Lipinski definition) is 7. The third kappa shape index (κ3) is 6.78. The zero-order chi connectivity index (χ0) is 27.9. The smallest absolute Gasteiger partial charge is 0.271 e. The van der Waals surface area contributed by atoms with Gasteiger partial charge in [0.15, 0.2) is 6.29 Å². The van der Waals surface area contributed by atoms with Gasteiger partial charge in [-0.2, -0.15) is 0 Å². The van der Waals surface area contributed by atoms with E-state index in [4.69, 9.17) is 9.47 Å². The molecule has 0 spiro atoms. The van der Waals surface area contributed by atoms with Crippen LogP contribution in [0.5, 0.6) is 0 Å². The fourth-order valence-corrected chi connectivity index (χ4v) is 4.81. The van der Waals surface area contributed by atoms with Crippen molar-refractivity contribution >= 4 is 16.9 Å². The molecule has 0 saturated carbocycles. The Hall–Kier alpha value is -3.95. The van der Waals surface area contributed by atoms with Crippen molar-refractivity contribution in [1.82, 2.24) is 20.2 Å². The summed E-state index contributed by atoms with van der Waals surface area (Å²) in [5.41, 5.74) is 5.49. The lowest BCUT2D eigenvalue weighted by Crippen LogP contribution is -2.37. The van der Waals surface area contributed by atoms with Gasteiger partial charge in [-0.15, -0.1) is 6.58 Å². The second-order valence-electron chi connectivity index (χ2n) is 10.0. The summed E-state index contributed by atoms with van der Waals surface area (Å²) in [5.74, 6) is -0.275. The number of amides is 1. The monoisotopic (exact) mass is 538 g/mol. The predicted octanol–water partition coefficient (Wildman–Crippen LogP) is 4.72. The molecule has 4 aromatic rings. The molecule has 0 bridgehead atoms. The number of aliphatic hydroxyl groups is 1. The quantitative estimate of drug-likeness (QED) is 0.282. The van der Waals surface area contributed by atoms with Gasteiger partial charge >= 0.3 is 0 Å². The molecule has 1 aromatic heterocycles. The van der Waals surface area contributed by atoms with Crippen molar-refractivity contribution in [3.05, 3.63) is 120 Å². The molecule has 40 heavy (non-hydrogen) atoms. The topological polar surface area (TPSA) is 96.8 Å². The van der Waals surface area contributed by atoms with Crippen molar-refractivity contribution in [2.45, 2.75) is 38.1 Å². The largest absolute Gasteiger partial charge is 0.392 e. The lowest BCUT2D eigenvalue weighted by molar-refractivity contribution is -0.252. The number of para-hydroxylation sites is 2. The maximum absolute atomic E-state index is 12.7. The average molecular weight is 539 g/mol. The van der Waals surface area contributed by atoms with E-state index in [0.717, 1.165) is 47.3 Å². The van der Waals surface area contributed by atoms with Crippen LogP contribution in [-0.4, -0.2) is 52.1 Å². The van der Waals surface area contributed by atoms with Crippen LogP contribution in [0.4, 0.5) is 0 Å². The summed E-state index contributed by atoms with van der Waals surface area (Å²) >= 11 is 0. The molecule has 206 valence electrons. The van der Waals surface area contributed by atoms with Gasteiger partial charge in [-0.25, -0.2) is 4.98 Å². The summed E-state index contributed by atoms with van der Waals surface area (Å²) in [5, 5.41) is 12.3. The Morgan fingerprint density at radius 3 is 2.45 bits per heavy atom. The van der Waals surface area contributed by atoms with E-state index in [9.17, 15) is 9.90 Å². The second kappa shape index (κ2) is 12.9. The number of hydrogen-bond donors (Lipinski definition) is 2. The fraction of sp³-hybridized carbons (Fsp3) is 0.281. The zero-order valence-corrected chi connectivity index (χ0v) is 22.6. The minimum atomic E-state index is -0.532. The molecule has 2 heterocycles. The van der Waals surface area contributed by atoms with Crippen molar-refractivity contribution < 1.29 is 19.4 Å². The number of benzene rings is 3. The molecule has 8 nitrogen and oxygen atoms in total. The predicted molar refractivity (Wildman–Crippen MR) is 153 cm³/mol. The first-order valence-electron chi connectivity index (χ1n) is 13.4. The summed E-state index contributed by atoms with van der Waals surface area (Å²) in [6.45, 7) is 5.72. The van der Waals surface area contributed by atoms with Crippen LogP contribution in [0.2, 0.25) is 0 Å². The Labute approximate surface area is 234 Å². The number of aliphatic hydroxyl groups excluding tert-OH is 1. The Morgan fingerprint density at radius 1 is 1.02 bits per heavy atom. The van der Waals surface area contributed by atoms with Gasteiger partial charge in [0.2, 0.25) is 0 Å². The Bertz CT molecular complexity index is 1440. The van der Waals surface area contributed by atoms with E-state index < -0.39 is 6.29 Å². The number of aromatic nitrogens is 2. The molecule has 3 unspecified atom stereocenters. The minimum absolute atomic E-state index is 0.00890. The number of carbonyl (C=O) groups excluding carboxylic acids is 1. The molecule has 8 heteroatoms. The first kappa shape index (κ1) is 27.6. The maximum Gasteiger partial charge on any atom is 0.271 e. The maximum atomic E-state index is 12.7. The minimum Gasteiger partial charge on any atom is -0.392 e. The molecule has 5 rings (SSSR count). The van der Waals surface area contributed by atoms with Crippen LogP contribution in [0, 0.1) is 0 Å². The van der Waals surface area contributed by atoms with Crippen LogP contribution in [0.1, 0.15) is 51.6 Å². The number of ether oxygens (including phenoxy) is 2. The Balaban J connectivity index is 1.25. The Kier molecular flexibility index (Phi) is 8.93. The Morgan fingerprint density at radius 2 is 1.73 bits per heavy atom. The van der Waals surface area contributed by atoms with Crippen molar-refractivity contribution in [2.24, 2.45) is 0 Å². The van der Waals surface area contributed by atoms with Gasteiger partial charge in [-0.05, 0) is 35.9 Å². The van der Waals surface area contributed by atoms with Crippen LogP contribution >= 0.6 is 0 Å². The van der Waals surface area contributed by atoms with Crippen molar-refractivity contribution in [3.8, 4) is 0 Å². The molecule has 2 N–H and O–H groups in total. The van der Waals surface area contributed by atoms with Crippen molar-refractivity contribution in [2.75, 3.05) is 20.1 Å². The summed E-state index contributed by atoms with van der Waals surface area (Å²) in [4.78, 5) is 23.6. The summed E-state index contributed by atoms with van der Waals surface area (Å²) < 4.78 is 12.8. The number of fused-ring (bicyclic) bond motifs is 1. The molecule has 3 atom stereocenters. The van der Waals surface area contributed by atoms with Crippen LogP contribution in [0.25, 0.3) is 11.0 Å². The highest BCUT2D eigenvalue weighted by Crippen LogP contribution is 2.38. The van der Waals surface area contributed by atoms with Gasteiger partial charge < -0.3 is 24.8 Å². The van der Waals surface area contributed by atoms with E-state index in [1.54, 1.807) is 0 Å². The first-order chi connectivity index (χ1) is 19.5. The second-order valence-corrected chi connectivity index (χ2v) is 10.0.